The molecule has 0 atom stereocenters. The third-order valence-corrected chi connectivity index (χ3v) is 3.78. The molecule has 6 nitrogen and oxygen atoms in total. The third kappa shape index (κ3) is 4.52. The standard InChI is InChI=1S/C20H17FN2O4/c1-26-14-8-6-13(7-9-14)19(24)22-12-15-10-11-18(27-15)20(25)23-17-5-3-2-4-16(17)21/h2-11H,12H2,1H3,(H,22,24)(H,23,25). The van der Waals surface area contributed by atoms with Gasteiger partial charge in [0.05, 0.1) is 19.3 Å². The molecular weight excluding hydrogens is 351 g/mol. The Morgan fingerprint density at radius 1 is 1.00 bits per heavy atom. The summed E-state index contributed by atoms with van der Waals surface area (Å²) in [5.74, 6) is -0.325. The number of furan rings is 1. The van der Waals surface area contributed by atoms with Crippen LogP contribution >= 0.6 is 0 Å². The fraction of sp³-hybridized carbons (Fsp3) is 0.100. The molecule has 0 aliphatic rings. The second-order valence-corrected chi connectivity index (χ2v) is 5.61. The lowest BCUT2D eigenvalue weighted by Crippen LogP contribution is -2.22. The van der Waals surface area contributed by atoms with Gasteiger partial charge >= 0.3 is 0 Å². The Morgan fingerprint density at radius 2 is 1.74 bits per heavy atom. The molecule has 0 aliphatic heterocycles. The van der Waals surface area contributed by atoms with Gasteiger partial charge in [-0.05, 0) is 48.5 Å². The van der Waals surface area contributed by atoms with Crippen molar-refractivity contribution in [2.24, 2.45) is 0 Å². The molecule has 0 spiro atoms. The van der Waals surface area contributed by atoms with Gasteiger partial charge in [-0.3, -0.25) is 9.59 Å². The molecule has 1 aromatic heterocycles. The molecule has 0 unspecified atom stereocenters. The van der Waals surface area contributed by atoms with Gasteiger partial charge in [-0.1, -0.05) is 12.1 Å². The van der Waals surface area contributed by atoms with Gasteiger partial charge in [0.1, 0.15) is 17.3 Å². The van der Waals surface area contributed by atoms with Crippen LogP contribution < -0.4 is 15.4 Å². The molecule has 2 amide bonds. The second-order valence-electron chi connectivity index (χ2n) is 5.61. The monoisotopic (exact) mass is 368 g/mol. The highest BCUT2D eigenvalue weighted by molar-refractivity contribution is 6.02. The molecule has 1 heterocycles. The molecule has 138 valence electrons. The lowest BCUT2D eigenvalue weighted by atomic mass is 10.2. The number of hydrogen-bond donors (Lipinski definition) is 2. The summed E-state index contributed by atoms with van der Waals surface area (Å²) in [5, 5.41) is 5.13. The number of ether oxygens (including phenoxy) is 1. The highest BCUT2D eigenvalue weighted by atomic mass is 19.1. The van der Waals surface area contributed by atoms with Gasteiger partial charge in [-0.25, -0.2) is 4.39 Å². The predicted molar refractivity (Wildman–Crippen MR) is 97.2 cm³/mol. The van der Waals surface area contributed by atoms with E-state index in [1.54, 1.807) is 43.5 Å². The van der Waals surface area contributed by atoms with Crippen molar-refractivity contribution >= 4 is 17.5 Å². The predicted octanol–water partition coefficient (Wildman–Crippen LogP) is 3.61. The molecule has 0 bridgehead atoms. The smallest absolute Gasteiger partial charge is 0.291 e. The van der Waals surface area contributed by atoms with Gasteiger partial charge in [0.2, 0.25) is 0 Å². The topological polar surface area (TPSA) is 80.6 Å². The fourth-order valence-electron chi connectivity index (χ4n) is 2.35. The van der Waals surface area contributed by atoms with Crippen molar-refractivity contribution in [3.63, 3.8) is 0 Å². The van der Waals surface area contributed by atoms with E-state index in [0.29, 0.717) is 17.1 Å². The summed E-state index contributed by atoms with van der Waals surface area (Å²) in [7, 11) is 1.55. The normalized spacial score (nSPS) is 10.3. The largest absolute Gasteiger partial charge is 0.497 e. The number of methoxy groups -OCH3 is 1. The molecule has 3 aromatic rings. The number of halogens is 1. The first-order valence-corrected chi connectivity index (χ1v) is 8.13. The highest BCUT2D eigenvalue weighted by Gasteiger charge is 2.14. The molecule has 27 heavy (non-hydrogen) atoms. The Morgan fingerprint density at radius 3 is 2.44 bits per heavy atom. The van der Waals surface area contributed by atoms with Crippen molar-refractivity contribution in [2.75, 3.05) is 12.4 Å². The lowest BCUT2D eigenvalue weighted by molar-refractivity contribution is 0.0948. The van der Waals surface area contributed by atoms with E-state index in [-0.39, 0.29) is 23.9 Å². The van der Waals surface area contributed by atoms with Gasteiger partial charge in [-0.15, -0.1) is 0 Å². The van der Waals surface area contributed by atoms with Crippen molar-refractivity contribution in [1.29, 1.82) is 0 Å². The van der Waals surface area contributed by atoms with Crippen LogP contribution in [-0.4, -0.2) is 18.9 Å². The van der Waals surface area contributed by atoms with Crippen molar-refractivity contribution < 1.29 is 23.1 Å². The van der Waals surface area contributed by atoms with E-state index in [9.17, 15) is 14.0 Å². The van der Waals surface area contributed by atoms with Crippen LogP contribution in [0.1, 0.15) is 26.7 Å². The van der Waals surface area contributed by atoms with E-state index in [4.69, 9.17) is 9.15 Å². The molecule has 3 rings (SSSR count). The number of amides is 2. The number of para-hydroxylation sites is 1. The van der Waals surface area contributed by atoms with Crippen molar-refractivity contribution in [1.82, 2.24) is 5.32 Å². The number of benzene rings is 2. The molecule has 2 aromatic carbocycles. The lowest BCUT2D eigenvalue weighted by Gasteiger charge is -2.05. The number of rotatable bonds is 6. The summed E-state index contributed by atoms with van der Waals surface area (Å²) in [5.41, 5.74) is 0.535. The second kappa shape index (κ2) is 8.18. The van der Waals surface area contributed by atoms with Crippen LogP contribution in [0.2, 0.25) is 0 Å². The maximum absolute atomic E-state index is 13.6. The molecule has 0 aliphatic carbocycles. The number of nitrogens with one attached hydrogen (secondary N) is 2. The van der Waals surface area contributed by atoms with Crippen LogP contribution in [0.25, 0.3) is 0 Å². The van der Waals surface area contributed by atoms with Gasteiger partial charge in [-0.2, -0.15) is 0 Å². The summed E-state index contributed by atoms with van der Waals surface area (Å²) in [6, 6.07) is 15.5. The first kappa shape index (κ1) is 18.2. The average molecular weight is 368 g/mol. The molecule has 0 saturated heterocycles. The Labute approximate surface area is 155 Å². The number of anilines is 1. The zero-order valence-electron chi connectivity index (χ0n) is 14.5. The Bertz CT molecular complexity index is 951. The number of carbonyl (C=O) groups excluding carboxylic acids is 2. The van der Waals surface area contributed by atoms with Crippen LogP contribution in [0, 0.1) is 5.82 Å². The summed E-state index contributed by atoms with van der Waals surface area (Å²) >= 11 is 0. The van der Waals surface area contributed by atoms with E-state index in [2.05, 4.69) is 10.6 Å². The van der Waals surface area contributed by atoms with E-state index in [1.807, 2.05) is 0 Å². The summed E-state index contributed by atoms with van der Waals surface area (Å²) < 4.78 is 24.0. The minimum atomic E-state index is -0.576. The first-order chi connectivity index (χ1) is 13.1. The summed E-state index contributed by atoms with van der Waals surface area (Å²) in [6.45, 7) is 0.109. The van der Waals surface area contributed by atoms with Crippen molar-refractivity contribution in [3.05, 3.63) is 83.6 Å². The van der Waals surface area contributed by atoms with Gasteiger partial charge < -0.3 is 19.8 Å². The summed E-state index contributed by atoms with van der Waals surface area (Å²) in [4.78, 5) is 24.3. The van der Waals surface area contributed by atoms with Crippen molar-refractivity contribution in [2.45, 2.75) is 6.54 Å². The fourth-order valence-corrected chi connectivity index (χ4v) is 2.35. The van der Waals surface area contributed by atoms with E-state index < -0.39 is 11.7 Å². The van der Waals surface area contributed by atoms with Crippen molar-refractivity contribution in [3.8, 4) is 5.75 Å². The maximum Gasteiger partial charge on any atom is 0.291 e. The SMILES string of the molecule is COc1ccc(C(=O)NCc2ccc(C(=O)Nc3ccccc3F)o2)cc1. The first-order valence-electron chi connectivity index (χ1n) is 8.13. The van der Waals surface area contributed by atoms with E-state index in [0.717, 1.165) is 0 Å². The third-order valence-electron chi connectivity index (χ3n) is 3.78. The Balaban J connectivity index is 1.58. The molecule has 7 heteroatoms. The van der Waals surface area contributed by atoms with E-state index in [1.165, 1.54) is 24.3 Å². The number of carbonyl (C=O) groups is 2. The van der Waals surface area contributed by atoms with Crippen LogP contribution in [0.15, 0.2) is 65.1 Å². The van der Waals surface area contributed by atoms with Crippen LogP contribution in [0.3, 0.4) is 0 Å². The maximum atomic E-state index is 13.6. The summed E-state index contributed by atoms with van der Waals surface area (Å²) in [6.07, 6.45) is 0. The van der Waals surface area contributed by atoms with Gasteiger partial charge in [0.25, 0.3) is 11.8 Å². The average Bonchev–Trinajstić information content (AvgIpc) is 3.17. The minimum Gasteiger partial charge on any atom is -0.497 e. The quantitative estimate of drug-likeness (QED) is 0.697. The van der Waals surface area contributed by atoms with Crippen LogP contribution in [-0.2, 0) is 6.54 Å². The molecule has 2 N–H and O–H groups in total. The Hall–Kier alpha value is -3.61. The van der Waals surface area contributed by atoms with Gasteiger partial charge in [0.15, 0.2) is 5.76 Å². The highest BCUT2D eigenvalue weighted by Crippen LogP contribution is 2.16. The molecule has 0 saturated carbocycles. The molecule has 0 fully saturated rings. The zero-order valence-corrected chi connectivity index (χ0v) is 14.5. The zero-order chi connectivity index (χ0) is 19.2. The van der Waals surface area contributed by atoms with Crippen LogP contribution in [0.5, 0.6) is 5.75 Å². The molecule has 0 radical (unpaired) electrons. The molecular formula is C20H17FN2O4. The van der Waals surface area contributed by atoms with Gasteiger partial charge in [0, 0.05) is 5.56 Å². The van der Waals surface area contributed by atoms with Crippen LogP contribution in [0.4, 0.5) is 10.1 Å². The van der Waals surface area contributed by atoms with E-state index >= 15 is 0 Å². The number of hydrogen-bond acceptors (Lipinski definition) is 4. The minimum absolute atomic E-state index is 0.0203. The Kier molecular flexibility index (Phi) is 5.51.